The van der Waals surface area contributed by atoms with E-state index in [1.165, 1.54) is 17.7 Å². The van der Waals surface area contributed by atoms with Gasteiger partial charge in [-0.1, -0.05) is 12.1 Å². The number of H-pyrrole nitrogens is 1. The highest BCUT2D eigenvalue weighted by atomic mass is 19.1. The van der Waals surface area contributed by atoms with Crippen LogP contribution in [0.3, 0.4) is 0 Å². The SMILES string of the molecule is CN1CCC(c2ccc(C(=O)Nc3n[nH]c4nc(Nc5cc(F)cc(F)c5)ccc34)cc2)CC1. The average molecular weight is 463 g/mol. The number of piperidine rings is 1. The molecule has 2 aromatic heterocycles. The van der Waals surface area contributed by atoms with E-state index in [0.29, 0.717) is 34.2 Å². The summed E-state index contributed by atoms with van der Waals surface area (Å²) in [5.41, 5.74) is 2.47. The maximum atomic E-state index is 13.4. The number of carbonyl (C=O) groups excluding carboxylic acids is 1. The van der Waals surface area contributed by atoms with Crippen LogP contribution in [0.15, 0.2) is 54.6 Å². The van der Waals surface area contributed by atoms with Crippen LogP contribution >= 0.6 is 0 Å². The molecule has 34 heavy (non-hydrogen) atoms. The minimum atomic E-state index is -0.686. The lowest BCUT2D eigenvalue weighted by atomic mass is 9.89. The number of amides is 1. The van der Waals surface area contributed by atoms with Gasteiger partial charge in [0.1, 0.15) is 17.5 Å². The van der Waals surface area contributed by atoms with Gasteiger partial charge in [-0.3, -0.25) is 9.89 Å². The Balaban J connectivity index is 1.27. The van der Waals surface area contributed by atoms with Crippen molar-refractivity contribution in [3.63, 3.8) is 0 Å². The van der Waals surface area contributed by atoms with Gasteiger partial charge in [0.2, 0.25) is 0 Å². The van der Waals surface area contributed by atoms with Crippen LogP contribution in [-0.4, -0.2) is 46.1 Å². The number of hydrogen-bond acceptors (Lipinski definition) is 5. The van der Waals surface area contributed by atoms with Gasteiger partial charge in [-0.25, -0.2) is 13.8 Å². The highest BCUT2D eigenvalue weighted by Gasteiger charge is 2.19. The van der Waals surface area contributed by atoms with Gasteiger partial charge < -0.3 is 15.5 Å². The fraction of sp³-hybridized carbons (Fsp3) is 0.240. The molecule has 0 spiro atoms. The number of pyridine rings is 1. The molecule has 1 saturated heterocycles. The number of halogens is 2. The van der Waals surface area contributed by atoms with Gasteiger partial charge in [0, 0.05) is 17.3 Å². The van der Waals surface area contributed by atoms with Crippen LogP contribution in [0.2, 0.25) is 0 Å². The molecule has 1 aliphatic rings. The number of aromatic amines is 1. The van der Waals surface area contributed by atoms with Crippen molar-refractivity contribution in [2.75, 3.05) is 30.8 Å². The number of carbonyl (C=O) groups is 1. The average Bonchev–Trinajstić information content (AvgIpc) is 3.21. The topological polar surface area (TPSA) is 85.9 Å². The van der Waals surface area contributed by atoms with Crippen molar-refractivity contribution in [1.29, 1.82) is 0 Å². The number of anilines is 3. The van der Waals surface area contributed by atoms with Crippen molar-refractivity contribution in [2.45, 2.75) is 18.8 Å². The number of nitrogens with zero attached hydrogens (tertiary/aromatic N) is 3. The summed E-state index contributed by atoms with van der Waals surface area (Å²) in [6, 6.07) is 14.3. The van der Waals surface area contributed by atoms with Crippen molar-refractivity contribution in [3.05, 3.63) is 77.4 Å². The van der Waals surface area contributed by atoms with Gasteiger partial charge in [-0.15, -0.1) is 0 Å². The highest BCUT2D eigenvalue weighted by molar-refractivity contribution is 6.07. The Morgan fingerprint density at radius 1 is 1.03 bits per heavy atom. The molecule has 2 aromatic carbocycles. The fourth-order valence-electron chi connectivity index (χ4n) is 4.27. The molecule has 0 radical (unpaired) electrons. The number of aromatic nitrogens is 3. The summed E-state index contributed by atoms with van der Waals surface area (Å²) >= 11 is 0. The first kappa shape index (κ1) is 22.0. The van der Waals surface area contributed by atoms with E-state index in [0.717, 1.165) is 32.0 Å². The number of nitrogens with one attached hydrogen (secondary N) is 3. The van der Waals surface area contributed by atoms with Crippen LogP contribution in [0.1, 0.15) is 34.7 Å². The van der Waals surface area contributed by atoms with E-state index < -0.39 is 11.6 Å². The molecule has 1 amide bonds. The van der Waals surface area contributed by atoms with E-state index in [-0.39, 0.29) is 11.6 Å². The summed E-state index contributed by atoms with van der Waals surface area (Å²) in [6.07, 6.45) is 2.25. The third-order valence-electron chi connectivity index (χ3n) is 6.15. The molecule has 7 nitrogen and oxygen atoms in total. The fourth-order valence-corrected chi connectivity index (χ4v) is 4.27. The van der Waals surface area contributed by atoms with Crippen LogP contribution in [0, 0.1) is 11.6 Å². The smallest absolute Gasteiger partial charge is 0.256 e. The Bertz CT molecular complexity index is 1310. The summed E-state index contributed by atoms with van der Waals surface area (Å²) in [7, 11) is 2.14. The molecule has 174 valence electrons. The van der Waals surface area contributed by atoms with Crippen molar-refractivity contribution < 1.29 is 13.6 Å². The van der Waals surface area contributed by atoms with Gasteiger partial charge >= 0.3 is 0 Å². The van der Waals surface area contributed by atoms with Gasteiger partial charge in [0.15, 0.2) is 11.5 Å². The Hall–Kier alpha value is -3.85. The Morgan fingerprint density at radius 2 is 1.74 bits per heavy atom. The standard InChI is InChI=1S/C25H24F2N6O/c1-33-10-8-16(9-11-33)15-2-4-17(5-3-15)25(34)30-24-21-6-7-22(29-23(21)31-32-24)28-20-13-18(26)12-19(27)14-20/h2-7,12-14,16H,8-11H2,1H3,(H3,28,29,30,31,32,34). The lowest BCUT2D eigenvalue weighted by Crippen LogP contribution is -2.29. The molecular formula is C25H24F2N6O. The first-order valence-corrected chi connectivity index (χ1v) is 11.1. The summed E-state index contributed by atoms with van der Waals surface area (Å²) in [6.45, 7) is 2.17. The van der Waals surface area contributed by atoms with Gasteiger partial charge in [0.25, 0.3) is 5.91 Å². The third kappa shape index (κ3) is 4.74. The minimum Gasteiger partial charge on any atom is -0.340 e. The molecule has 0 unspecified atom stereocenters. The van der Waals surface area contributed by atoms with Crippen LogP contribution in [-0.2, 0) is 0 Å². The zero-order valence-corrected chi connectivity index (χ0v) is 18.6. The Morgan fingerprint density at radius 3 is 2.44 bits per heavy atom. The number of fused-ring (bicyclic) bond motifs is 1. The second kappa shape index (κ2) is 9.18. The molecule has 0 aliphatic carbocycles. The van der Waals surface area contributed by atoms with E-state index >= 15 is 0 Å². The lowest BCUT2D eigenvalue weighted by Gasteiger charge is -2.29. The lowest BCUT2D eigenvalue weighted by molar-refractivity contribution is 0.102. The summed E-state index contributed by atoms with van der Waals surface area (Å²) in [5, 5.41) is 13.2. The predicted molar refractivity (Wildman–Crippen MR) is 127 cm³/mol. The molecule has 1 aliphatic heterocycles. The van der Waals surface area contributed by atoms with Gasteiger partial charge in [0.05, 0.1) is 5.39 Å². The largest absolute Gasteiger partial charge is 0.340 e. The quantitative estimate of drug-likeness (QED) is 0.387. The van der Waals surface area contributed by atoms with Crippen molar-refractivity contribution >= 4 is 34.3 Å². The van der Waals surface area contributed by atoms with Gasteiger partial charge in [-0.2, -0.15) is 5.10 Å². The van der Waals surface area contributed by atoms with E-state index in [1.807, 2.05) is 24.3 Å². The molecule has 0 atom stereocenters. The van der Waals surface area contributed by atoms with Crippen LogP contribution in [0.4, 0.5) is 26.1 Å². The summed E-state index contributed by atoms with van der Waals surface area (Å²) in [4.78, 5) is 19.5. The number of rotatable bonds is 5. The molecule has 3 heterocycles. The van der Waals surface area contributed by atoms with E-state index in [2.05, 4.69) is 37.8 Å². The zero-order chi connectivity index (χ0) is 23.7. The highest BCUT2D eigenvalue weighted by Crippen LogP contribution is 2.28. The number of benzene rings is 2. The van der Waals surface area contributed by atoms with Crippen LogP contribution in [0.25, 0.3) is 11.0 Å². The van der Waals surface area contributed by atoms with Crippen molar-refractivity contribution in [3.8, 4) is 0 Å². The molecule has 0 bridgehead atoms. The number of hydrogen-bond donors (Lipinski definition) is 3. The van der Waals surface area contributed by atoms with E-state index in [1.54, 1.807) is 12.1 Å². The maximum absolute atomic E-state index is 13.4. The molecule has 4 aromatic rings. The molecule has 3 N–H and O–H groups in total. The molecule has 5 rings (SSSR count). The van der Waals surface area contributed by atoms with Gasteiger partial charge in [-0.05, 0) is 80.9 Å². The Kier molecular flexibility index (Phi) is 5.93. The molecule has 9 heteroatoms. The van der Waals surface area contributed by atoms with E-state index in [4.69, 9.17) is 0 Å². The summed E-state index contributed by atoms with van der Waals surface area (Å²) < 4.78 is 26.8. The van der Waals surface area contributed by atoms with Crippen LogP contribution in [0.5, 0.6) is 0 Å². The summed E-state index contributed by atoms with van der Waals surface area (Å²) in [5.74, 6) is -0.370. The zero-order valence-electron chi connectivity index (χ0n) is 18.6. The maximum Gasteiger partial charge on any atom is 0.256 e. The second-order valence-electron chi connectivity index (χ2n) is 8.60. The van der Waals surface area contributed by atoms with E-state index in [9.17, 15) is 13.6 Å². The van der Waals surface area contributed by atoms with Crippen molar-refractivity contribution in [2.24, 2.45) is 0 Å². The molecule has 0 saturated carbocycles. The first-order valence-electron chi connectivity index (χ1n) is 11.1. The molecular weight excluding hydrogens is 438 g/mol. The number of likely N-dealkylation sites (tertiary alicyclic amines) is 1. The second-order valence-corrected chi connectivity index (χ2v) is 8.60. The normalized spacial score (nSPS) is 14.9. The third-order valence-corrected chi connectivity index (χ3v) is 6.15. The van der Waals surface area contributed by atoms with Crippen molar-refractivity contribution in [1.82, 2.24) is 20.1 Å². The predicted octanol–water partition coefficient (Wildman–Crippen LogP) is 5.04. The molecule has 1 fully saturated rings. The first-order chi connectivity index (χ1) is 16.4. The van der Waals surface area contributed by atoms with Crippen LogP contribution < -0.4 is 10.6 Å². The minimum absolute atomic E-state index is 0.237. The Labute approximate surface area is 195 Å². The monoisotopic (exact) mass is 462 g/mol.